The number of rotatable bonds is 6. The molecule has 0 radical (unpaired) electrons. The molecule has 1 unspecified atom stereocenters. The van der Waals surface area contributed by atoms with Crippen LogP contribution in [0.5, 0.6) is 0 Å². The summed E-state index contributed by atoms with van der Waals surface area (Å²) in [5.74, 6) is 0. The Hall–Kier alpha value is 0.0900. The van der Waals surface area contributed by atoms with Gasteiger partial charge in [0.15, 0.2) is 0 Å². The molecule has 0 heterocycles. The van der Waals surface area contributed by atoms with Gasteiger partial charge in [-0.3, -0.25) is 4.57 Å². The lowest BCUT2D eigenvalue weighted by atomic mass is 10.3. The van der Waals surface area contributed by atoms with Crippen LogP contribution in [0.15, 0.2) is 23.4 Å². The Morgan fingerprint density at radius 3 is 2.75 bits per heavy atom. The molecule has 0 spiro atoms. The first-order chi connectivity index (χ1) is 5.66. The number of unbranched alkanes of at least 4 members (excludes halogenated alkanes) is 1. The third-order valence-electron chi connectivity index (χ3n) is 1.07. The van der Waals surface area contributed by atoms with Crippen LogP contribution in [0.1, 0.15) is 12.8 Å². The van der Waals surface area contributed by atoms with Crippen molar-refractivity contribution in [3.8, 4) is 0 Å². The Kier molecular flexibility index (Phi) is 7.78. The minimum absolute atomic E-state index is 0.0166. The van der Waals surface area contributed by atoms with Crippen molar-refractivity contribution in [2.45, 2.75) is 12.8 Å². The second kappa shape index (κ2) is 7.72. The predicted octanol–water partition coefficient (Wildman–Crippen LogP) is 3.72. The summed E-state index contributed by atoms with van der Waals surface area (Å²) in [6, 6.07) is 0. The Morgan fingerprint density at radius 2 is 2.25 bits per heavy atom. The zero-order chi connectivity index (χ0) is 9.40. The van der Waals surface area contributed by atoms with E-state index in [1.54, 1.807) is 6.08 Å². The van der Waals surface area contributed by atoms with Gasteiger partial charge in [-0.2, -0.15) is 0 Å². The first-order valence-corrected chi connectivity index (χ1v) is 5.76. The minimum Gasteiger partial charge on any atom is -0.450 e. The second-order valence-corrected chi connectivity index (χ2v) is 4.57. The van der Waals surface area contributed by atoms with Crippen LogP contribution in [0.2, 0.25) is 0 Å². The number of allylic oxidation sites excluding steroid dienone is 1. The van der Waals surface area contributed by atoms with Crippen LogP contribution < -0.4 is 0 Å². The molecule has 1 atom stereocenters. The lowest BCUT2D eigenvalue weighted by Crippen LogP contribution is -1.78. The standard InChI is InChI=1S/C7H11Cl2O2P/c1-2-3-4-5-12(10)11-6-7(8)9/h2,6,12H,1,3-5H2. The molecule has 0 bridgehead atoms. The van der Waals surface area contributed by atoms with Crippen molar-refractivity contribution in [2.24, 2.45) is 0 Å². The highest BCUT2D eigenvalue weighted by Crippen LogP contribution is 2.25. The fraction of sp³-hybridized carbons (Fsp3) is 0.429. The van der Waals surface area contributed by atoms with Gasteiger partial charge in [-0.25, -0.2) is 0 Å². The molecule has 0 N–H and O–H groups in total. The summed E-state index contributed by atoms with van der Waals surface area (Å²) in [7, 11) is -2.00. The third-order valence-corrected chi connectivity index (χ3v) is 2.39. The van der Waals surface area contributed by atoms with Crippen molar-refractivity contribution < 1.29 is 9.09 Å². The predicted molar refractivity (Wildman–Crippen MR) is 54.2 cm³/mol. The molecule has 0 aromatic carbocycles. The zero-order valence-corrected chi connectivity index (χ0v) is 9.07. The molecule has 12 heavy (non-hydrogen) atoms. The summed E-state index contributed by atoms with van der Waals surface area (Å²) in [6.07, 6.45) is 5.07. The third kappa shape index (κ3) is 8.19. The van der Waals surface area contributed by atoms with Gasteiger partial charge >= 0.3 is 0 Å². The molecule has 0 aromatic heterocycles. The average molecular weight is 229 g/mol. The Labute approximate surface area is 83.1 Å². The Balaban J connectivity index is 3.47. The first-order valence-electron chi connectivity index (χ1n) is 3.48. The van der Waals surface area contributed by atoms with Gasteiger partial charge in [0.25, 0.3) is 0 Å². The van der Waals surface area contributed by atoms with Gasteiger partial charge in [-0.05, 0) is 12.8 Å². The van der Waals surface area contributed by atoms with E-state index in [1.807, 2.05) is 0 Å². The van der Waals surface area contributed by atoms with E-state index in [4.69, 9.17) is 27.7 Å². The van der Waals surface area contributed by atoms with Crippen LogP contribution in [-0.4, -0.2) is 6.16 Å². The molecule has 0 fully saturated rings. The summed E-state index contributed by atoms with van der Waals surface area (Å²) in [5.41, 5.74) is 0. The van der Waals surface area contributed by atoms with E-state index in [1.165, 1.54) is 0 Å². The van der Waals surface area contributed by atoms with Crippen molar-refractivity contribution in [1.82, 2.24) is 0 Å². The molecule has 0 aliphatic carbocycles. The lowest BCUT2D eigenvalue weighted by molar-refractivity contribution is 0.461. The molecule has 0 aliphatic rings. The van der Waals surface area contributed by atoms with E-state index in [0.29, 0.717) is 6.16 Å². The van der Waals surface area contributed by atoms with Gasteiger partial charge in [-0.1, -0.05) is 29.3 Å². The van der Waals surface area contributed by atoms with E-state index in [9.17, 15) is 4.57 Å². The maximum Gasteiger partial charge on any atom is 0.236 e. The molecule has 5 heteroatoms. The summed E-state index contributed by atoms with van der Waals surface area (Å²) in [4.78, 5) is 0. The van der Waals surface area contributed by atoms with Crippen molar-refractivity contribution >= 4 is 31.2 Å². The molecule has 0 amide bonds. The fourth-order valence-corrected chi connectivity index (χ4v) is 1.66. The summed E-state index contributed by atoms with van der Waals surface area (Å²) in [5, 5.41) is 0. The van der Waals surface area contributed by atoms with Gasteiger partial charge in [-0.15, -0.1) is 6.58 Å². The highest BCUT2D eigenvalue weighted by molar-refractivity contribution is 7.39. The molecule has 0 saturated heterocycles. The van der Waals surface area contributed by atoms with Gasteiger partial charge in [0.1, 0.15) is 10.8 Å². The Morgan fingerprint density at radius 1 is 1.58 bits per heavy atom. The molecule has 70 valence electrons. The van der Waals surface area contributed by atoms with Crippen molar-refractivity contribution in [1.29, 1.82) is 0 Å². The second-order valence-electron chi connectivity index (χ2n) is 2.08. The molecule has 0 aliphatic heterocycles. The normalized spacial score (nSPS) is 11.8. The maximum absolute atomic E-state index is 11.0. The van der Waals surface area contributed by atoms with Crippen molar-refractivity contribution in [3.05, 3.63) is 23.4 Å². The van der Waals surface area contributed by atoms with Crippen LogP contribution in [0, 0.1) is 0 Å². The summed E-state index contributed by atoms with van der Waals surface area (Å²) >= 11 is 10.5. The van der Waals surface area contributed by atoms with E-state index >= 15 is 0 Å². The van der Waals surface area contributed by atoms with Crippen LogP contribution in [-0.2, 0) is 9.09 Å². The van der Waals surface area contributed by atoms with Crippen LogP contribution >= 0.6 is 31.2 Å². The molecular formula is C7H11Cl2O2P. The zero-order valence-electron chi connectivity index (χ0n) is 6.56. The van der Waals surface area contributed by atoms with Crippen LogP contribution in [0.4, 0.5) is 0 Å². The fourth-order valence-electron chi connectivity index (χ4n) is 0.560. The number of hydrogen-bond acceptors (Lipinski definition) is 2. The van der Waals surface area contributed by atoms with Crippen LogP contribution in [0.25, 0.3) is 0 Å². The molecule has 0 saturated carbocycles. The number of halogens is 2. The Bertz CT molecular complexity index is 188. The first kappa shape index (κ1) is 12.1. The minimum atomic E-state index is -2.00. The summed E-state index contributed by atoms with van der Waals surface area (Å²) in [6.45, 7) is 3.55. The highest BCUT2D eigenvalue weighted by atomic mass is 35.5. The highest BCUT2D eigenvalue weighted by Gasteiger charge is 1.96. The van der Waals surface area contributed by atoms with E-state index in [2.05, 4.69) is 6.58 Å². The largest absolute Gasteiger partial charge is 0.450 e. The monoisotopic (exact) mass is 228 g/mol. The lowest BCUT2D eigenvalue weighted by Gasteiger charge is -1.98. The van der Waals surface area contributed by atoms with E-state index in [-0.39, 0.29) is 4.49 Å². The summed E-state index contributed by atoms with van der Waals surface area (Å²) < 4.78 is 15.7. The molecule has 2 nitrogen and oxygen atoms in total. The van der Waals surface area contributed by atoms with Crippen molar-refractivity contribution in [3.63, 3.8) is 0 Å². The van der Waals surface area contributed by atoms with Crippen molar-refractivity contribution in [2.75, 3.05) is 6.16 Å². The van der Waals surface area contributed by atoms with Gasteiger partial charge in [0.2, 0.25) is 8.03 Å². The molecular weight excluding hydrogens is 218 g/mol. The van der Waals surface area contributed by atoms with E-state index < -0.39 is 8.03 Å². The van der Waals surface area contributed by atoms with Gasteiger partial charge in [0.05, 0.1) is 0 Å². The van der Waals surface area contributed by atoms with Gasteiger partial charge < -0.3 is 4.52 Å². The molecule has 0 aromatic rings. The van der Waals surface area contributed by atoms with Gasteiger partial charge in [0, 0.05) is 6.16 Å². The smallest absolute Gasteiger partial charge is 0.236 e. The number of hydrogen-bond donors (Lipinski definition) is 0. The molecule has 0 rings (SSSR count). The topological polar surface area (TPSA) is 26.3 Å². The maximum atomic E-state index is 11.0. The van der Waals surface area contributed by atoms with E-state index in [0.717, 1.165) is 19.1 Å². The van der Waals surface area contributed by atoms with Crippen LogP contribution in [0.3, 0.4) is 0 Å². The average Bonchev–Trinajstić information content (AvgIpc) is 2.01. The SMILES string of the molecule is C=CCCC[PH](=O)OC=C(Cl)Cl. The quantitative estimate of drug-likeness (QED) is 0.300.